The fourth-order valence-corrected chi connectivity index (χ4v) is 6.38. The standard InChI is InChI=1S/C39H44O15/c1-47-28-12-21(8-11-27(28)42)35(44)33(17-40)54-38-31(50-4)15-23(16-32(38)51-5)37-26(19-53-39(46)20-6-9-24(41)10-7-20)25(18-52-37)34(43)22-13-29(48-2)36(45)30(14-22)49-3/h6-16,25-26,33-35,37,40-45H,17-19H2,1-5H3. The predicted molar refractivity (Wildman–Crippen MR) is 191 cm³/mol. The molecule has 4 aromatic rings. The van der Waals surface area contributed by atoms with Crippen LogP contribution < -0.4 is 28.4 Å². The number of aromatic hydroxyl groups is 3. The molecule has 0 aromatic heterocycles. The van der Waals surface area contributed by atoms with Gasteiger partial charge >= 0.3 is 5.97 Å². The minimum absolute atomic E-state index is 0.0104. The Kier molecular flexibility index (Phi) is 12.8. The van der Waals surface area contributed by atoms with Gasteiger partial charge < -0.3 is 68.5 Å². The normalized spacial score (nSPS) is 18.3. The second-order valence-corrected chi connectivity index (χ2v) is 12.4. The lowest BCUT2D eigenvalue weighted by Crippen LogP contribution is -2.29. The van der Waals surface area contributed by atoms with Crippen LogP contribution in [0.2, 0.25) is 0 Å². The molecule has 0 amide bonds. The number of methoxy groups -OCH3 is 5. The summed E-state index contributed by atoms with van der Waals surface area (Å²) in [5.41, 5.74) is 1.35. The summed E-state index contributed by atoms with van der Waals surface area (Å²) in [4.78, 5) is 13.1. The maximum atomic E-state index is 13.1. The number of aliphatic hydroxyl groups is 3. The molecular weight excluding hydrogens is 708 g/mol. The van der Waals surface area contributed by atoms with Crippen LogP contribution in [0, 0.1) is 11.8 Å². The highest BCUT2D eigenvalue weighted by Gasteiger charge is 2.44. The largest absolute Gasteiger partial charge is 0.508 e. The Morgan fingerprint density at radius 3 is 1.89 bits per heavy atom. The van der Waals surface area contributed by atoms with Gasteiger partial charge in [0.05, 0.1) is 73.1 Å². The van der Waals surface area contributed by atoms with Crippen LogP contribution in [-0.2, 0) is 9.47 Å². The van der Waals surface area contributed by atoms with Crippen LogP contribution in [0.15, 0.2) is 66.7 Å². The van der Waals surface area contributed by atoms with Crippen LogP contribution in [0.25, 0.3) is 0 Å². The maximum absolute atomic E-state index is 13.1. The predicted octanol–water partition coefficient (Wildman–Crippen LogP) is 4.21. The van der Waals surface area contributed by atoms with Crippen molar-refractivity contribution in [2.75, 3.05) is 55.4 Å². The maximum Gasteiger partial charge on any atom is 0.338 e. The van der Waals surface area contributed by atoms with Crippen LogP contribution in [-0.4, -0.2) is 98.1 Å². The molecule has 1 fully saturated rings. The van der Waals surface area contributed by atoms with Crippen molar-refractivity contribution in [2.45, 2.75) is 24.4 Å². The number of carbonyl (C=O) groups excluding carboxylic acids is 1. The van der Waals surface area contributed by atoms with Gasteiger partial charge in [0.1, 0.15) is 11.9 Å². The van der Waals surface area contributed by atoms with Crippen LogP contribution >= 0.6 is 0 Å². The zero-order valence-electron chi connectivity index (χ0n) is 30.3. The van der Waals surface area contributed by atoms with E-state index >= 15 is 0 Å². The van der Waals surface area contributed by atoms with E-state index in [1.807, 2.05) is 0 Å². The van der Waals surface area contributed by atoms with Crippen LogP contribution in [0.3, 0.4) is 0 Å². The van der Waals surface area contributed by atoms with Gasteiger partial charge in [-0.25, -0.2) is 4.79 Å². The molecule has 0 spiro atoms. The topological polar surface area (TPSA) is 212 Å². The van der Waals surface area contributed by atoms with Crippen molar-refractivity contribution in [1.29, 1.82) is 0 Å². The quantitative estimate of drug-likeness (QED) is 0.0885. The Morgan fingerprint density at radius 1 is 0.759 bits per heavy atom. The third kappa shape index (κ3) is 8.29. The molecule has 0 radical (unpaired) electrons. The molecule has 1 aliphatic heterocycles. The molecule has 15 nitrogen and oxygen atoms in total. The van der Waals surface area contributed by atoms with E-state index in [-0.39, 0.29) is 70.5 Å². The Bertz CT molecular complexity index is 1850. The lowest BCUT2D eigenvalue weighted by molar-refractivity contribution is -0.00191. The van der Waals surface area contributed by atoms with E-state index in [1.54, 1.807) is 12.1 Å². The minimum atomic E-state index is -1.37. The molecule has 6 atom stereocenters. The number of rotatable bonds is 16. The summed E-state index contributed by atoms with van der Waals surface area (Å²) >= 11 is 0. The first-order valence-electron chi connectivity index (χ1n) is 16.8. The van der Waals surface area contributed by atoms with Crippen molar-refractivity contribution in [3.05, 3.63) is 89.0 Å². The summed E-state index contributed by atoms with van der Waals surface area (Å²) in [6.45, 7) is -0.822. The zero-order valence-corrected chi connectivity index (χ0v) is 30.3. The van der Waals surface area contributed by atoms with E-state index in [4.69, 9.17) is 37.9 Å². The number of esters is 1. The van der Waals surface area contributed by atoms with E-state index in [2.05, 4.69) is 0 Å². The third-order valence-electron chi connectivity index (χ3n) is 9.32. The number of aliphatic hydroxyl groups excluding tert-OH is 3. The molecule has 6 unspecified atom stereocenters. The molecule has 0 bridgehead atoms. The summed E-state index contributed by atoms with van der Waals surface area (Å²) in [5.74, 6) is -1.77. The molecule has 54 heavy (non-hydrogen) atoms. The Hall–Kier alpha value is -5.61. The fraction of sp³-hybridized carbons (Fsp3) is 0.359. The fourth-order valence-electron chi connectivity index (χ4n) is 6.38. The summed E-state index contributed by atoms with van der Waals surface area (Å²) in [7, 11) is 6.89. The molecule has 15 heteroatoms. The van der Waals surface area contributed by atoms with Crippen molar-refractivity contribution in [3.63, 3.8) is 0 Å². The molecule has 0 saturated carbocycles. The van der Waals surface area contributed by atoms with Gasteiger partial charge in [0.15, 0.2) is 40.6 Å². The van der Waals surface area contributed by atoms with Gasteiger partial charge in [0.2, 0.25) is 11.5 Å². The number of ether oxygens (including phenoxy) is 8. The van der Waals surface area contributed by atoms with E-state index in [9.17, 15) is 35.4 Å². The van der Waals surface area contributed by atoms with Crippen molar-refractivity contribution in [1.82, 2.24) is 0 Å². The molecule has 6 N–H and O–H groups in total. The first kappa shape index (κ1) is 39.6. The monoisotopic (exact) mass is 752 g/mol. The van der Waals surface area contributed by atoms with Crippen molar-refractivity contribution in [3.8, 4) is 51.7 Å². The average molecular weight is 753 g/mol. The van der Waals surface area contributed by atoms with E-state index in [0.29, 0.717) is 16.7 Å². The highest BCUT2D eigenvalue weighted by atomic mass is 16.6. The van der Waals surface area contributed by atoms with Gasteiger partial charge in [-0.15, -0.1) is 0 Å². The molecular formula is C39H44O15. The summed E-state index contributed by atoms with van der Waals surface area (Å²) in [6, 6.07) is 16.0. The molecule has 0 aliphatic carbocycles. The van der Waals surface area contributed by atoms with Gasteiger partial charge in [-0.05, 0) is 77.4 Å². The lowest BCUT2D eigenvalue weighted by Gasteiger charge is -2.28. The number of phenolic OH excluding ortho intramolecular Hbond substituents is 3. The Balaban J connectivity index is 1.49. The SMILES string of the molecule is COc1cc(C(O)C(CO)Oc2c(OC)cc(C3OCC(C(O)c4cc(OC)c(O)c(OC)c4)C3COC(=O)c3ccc(O)cc3)cc2OC)ccc1O. The first-order valence-corrected chi connectivity index (χ1v) is 16.8. The van der Waals surface area contributed by atoms with Gasteiger partial charge in [-0.2, -0.15) is 0 Å². The number of hydrogen-bond donors (Lipinski definition) is 6. The highest BCUT2D eigenvalue weighted by molar-refractivity contribution is 5.89. The van der Waals surface area contributed by atoms with Crippen LogP contribution in [0.5, 0.6) is 51.7 Å². The number of carbonyl (C=O) groups is 1. The second-order valence-electron chi connectivity index (χ2n) is 12.4. The van der Waals surface area contributed by atoms with Gasteiger partial charge in [0.25, 0.3) is 0 Å². The van der Waals surface area contributed by atoms with Crippen LogP contribution in [0.4, 0.5) is 0 Å². The van der Waals surface area contributed by atoms with E-state index in [1.165, 1.54) is 90.1 Å². The Labute approximate surface area is 311 Å². The van der Waals surface area contributed by atoms with Crippen molar-refractivity contribution in [2.24, 2.45) is 11.8 Å². The third-order valence-corrected chi connectivity index (χ3v) is 9.32. The highest BCUT2D eigenvalue weighted by Crippen LogP contribution is 2.50. The molecule has 5 rings (SSSR count). The van der Waals surface area contributed by atoms with Crippen LogP contribution in [0.1, 0.15) is 45.4 Å². The first-order chi connectivity index (χ1) is 26.0. The number of hydrogen-bond acceptors (Lipinski definition) is 15. The van der Waals surface area contributed by atoms with Crippen molar-refractivity contribution >= 4 is 5.97 Å². The minimum Gasteiger partial charge on any atom is -0.508 e. The molecule has 1 saturated heterocycles. The van der Waals surface area contributed by atoms with Gasteiger partial charge in [-0.3, -0.25) is 0 Å². The smallest absolute Gasteiger partial charge is 0.338 e. The summed E-state index contributed by atoms with van der Waals surface area (Å²) < 4.78 is 45.3. The van der Waals surface area contributed by atoms with E-state index < -0.39 is 48.8 Å². The lowest BCUT2D eigenvalue weighted by atomic mass is 9.82. The number of benzene rings is 4. The van der Waals surface area contributed by atoms with Gasteiger partial charge in [-0.1, -0.05) is 6.07 Å². The summed E-state index contributed by atoms with van der Waals surface area (Å²) in [6.07, 6.45) is -4.61. The molecule has 1 heterocycles. The van der Waals surface area contributed by atoms with Gasteiger partial charge in [0, 0.05) is 11.8 Å². The van der Waals surface area contributed by atoms with Crippen molar-refractivity contribution < 1.29 is 73.3 Å². The molecule has 290 valence electrons. The molecule has 1 aliphatic rings. The average Bonchev–Trinajstić information content (AvgIpc) is 3.62. The zero-order chi connectivity index (χ0) is 39.1. The van der Waals surface area contributed by atoms with E-state index in [0.717, 1.165) is 0 Å². The molecule has 4 aromatic carbocycles. The summed E-state index contributed by atoms with van der Waals surface area (Å²) in [5, 5.41) is 63.4. The Morgan fingerprint density at radius 2 is 1.33 bits per heavy atom. The second kappa shape index (κ2) is 17.5. The number of phenols is 3.